The minimum absolute atomic E-state index is 0.185. The lowest BCUT2D eigenvalue weighted by molar-refractivity contribution is 0.0857. The highest BCUT2D eigenvalue weighted by Crippen LogP contribution is 2.36. The summed E-state index contributed by atoms with van der Waals surface area (Å²) in [5.41, 5.74) is 1.20. The van der Waals surface area contributed by atoms with Gasteiger partial charge in [-0.05, 0) is 18.9 Å². The number of nitrogens with zero attached hydrogens (tertiary/aromatic N) is 5. The second-order valence-corrected chi connectivity index (χ2v) is 6.62. The largest absolute Gasteiger partial charge is 0.340 e. The minimum Gasteiger partial charge on any atom is -0.340 e. The zero-order valence-electron chi connectivity index (χ0n) is 14.3. The van der Waals surface area contributed by atoms with Crippen molar-refractivity contribution in [2.75, 3.05) is 0 Å². The molecule has 0 aromatic carbocycles. The number of amides is 1. The zero-order valence-corrected chi connectivity index (χ0v) is 14.3. The van der Waals surface area contributed by atoms with Crippen molar-refractivity contribution in [2.45, 2.75) is 44.6 Å². The van der Waals surface area contributed by atoms with Crippen molar-refractivity contribution in [3.63, 3.8) is 0 Å². The summed E-state index contributed by atoms with van der Waals surface area (Å²) >= 11 is 0. The van der Waals surface area contributed by atoms with Crippen molar-refractivity contribution < 1.29 is 9.32 Å². The van der Waals surface area contributed by atoms with Crippen LogP contribution in [0.2, 0.25) is 0 Å². The number of fused-ring (bicyclic) bond motifs is 1. The van der Waals surface area contributed by atoms with Crippen molar-refractivity contribution in [3.8, 4) is 0 Å². The van der Waals surface area contributed by atoms with Gasteiger partial charge in [0, 0.05) is 20.2 Å². The molecular weight excluding hydrogens is 320 g/mol. The van der Waals surface area contributed by atoms with E-state index < -0.39 is 5.54 Å². The fourth-order valence-electron chi connectivity index (χ4n) is 3.55. The molecule has 1 N–H and O–H groups in total. The monoisotopic (exact) mass is 340 g/mol. The first-order chi connectivity index (χ1) is 12.1. The van der Waals surface area contributed by atoms with E-state index in [0.29, 0.717) is 28.4 Å². The Morgan fingerprint density at radius 2 is 2.08 bits per heavy atom. The highest BCUT2D eigenvalue weighted by atomic mass is 16.5. The van der Waals surface area contributed by atoms with E-state index >= 15 is 0 Å². The van der Waals surface area contributed by atoms with Gasteiger partial charge in [0.1, 0.15) is 11.1 Å². The Morgan fingerprint density at radius 3 is 2.80 bits per heavy atom. The number of hydrogen-bond donors (Lipinski definition) is 1. The average Bonchev–Trinajstić information content (AvgIpc) is 3.22. The number of rotatable bonds is 3. The van der Waals surface area contributed by atoms with Crippen LogP contribution >= 0.6 is 0 Å². The third-order valence-electron chi connectivity index (χ3n) is 4.86. The second kappa shape index (κ2) is 5.94. The van der Waals surface area contributed by atoms with Gasteiger partial charge in [-0.3, -0.25) is 4.79 Å². The summed E-state index contributed by atoms with van der Waals surface area (Å²) in [7, 11) is 1.86. The smallest absolute Gasteiger partial charge is 0.254 e. The van der Waals surface area contributed by atoms with Crippen molar-refractivity contribution in [1.82, 2.24) is 30.0 Å². The van der Waals surface area contributed by atoms with Crippen molar-refractivity contribution >= 4 is 17.1 Å². The summed E-state index contributed by atoms with van der Waals surface area (Å²) in [5, 5.41) is 7.27. The van der Waals surface area contributed by atoms with Gasteiger partial charge in [0.2, 0.25) is 5.89 Å². The summed E-state index contributed by atoms with van der Waals surface area (Å²) in [6.07, 6.45) is 8.07. The van der Waals surface area contributed by atoms with E-state index in [9.17, 15) is 4.79 Å². The number of hydrogen-bond acceptors (Lipinski definition) is 6. The predicted molar refractivity (Wildman–Crippen MR) is 89.8 cm³/mol. The van der Waals surface area contributed by atoms with E-state index in [4.69, 9.17) is 4.52 Å². The van der Waals surface area contributed by atoms with E-state index in [1.807, 2.05) is 7.05 Å². The van der Waals surface area contributed by atoms with Gasteiger partial charge < -0.3 is 14.4 Å². The number of imidazole rings is 1. The molecule has 3 aromatic heterocycles. The average molecular weight is 340 g/mol. The van der Waals surface area contributed by atoms with Gasteiger partial charge in [0.15, 0.2) is 11.5 Å². The highest BCUT2D eigenvalue weighted by molar-refractivity contribution is 6.04. The Hall–Kier alpha value is -2.77. The molecule has 0 unspecified atom stereocenters. The number of aryl methyl sites for hydroxylation is 2. The molecule has 4 rings (SSSR count). The summed E-state index contributed by atoms with van der Waals surface area (Å²) < 4.78 is 6.96. The molecule has 3 aromatic rings. The Bertz CT molecular complexity index is 922. The first-order valence-corrected chi connectivity index (χ1v) is 8.48. The molecule has 130 valence electrons. The van der Waals surface area contributed by atoms with E-state index in [1.54, 1.807) is 30.1 Å². The zero-order chi connectivity index (χ0) is 17.4. The summed E-state index contributed by atoms with van der Waals surface area (Å²) in [6, 6.07) is 1.70. The van der Waals surface area contributed by atoms with Crippen molar-refractivity contribution in [2.24, 2.45) is 7.05 Å². The third-order valence-corrected chi connectivity index (χ3v) is 4.86. The maximum absolute atomic E-state index is 13.0. The van der Waals surface area contributed by atoms with Gasteiger partial charge in [-0.2, -0.15) is 4.98 Å². The molecule has 0 aliphatic heterocycles. The number of carbonyl (C=O) groups excluding carboxylic acids is 1. The van der Waals surface area contributed by atoms with E-state index in [2.05, 4.69) is 25.4 Å². The van der Waals surface area contributed by atoms with Gasteiger partial charge >= 0.3 is 0 Å². The third kappa shape index (κ3) is 2.67. The Morgan fingerprint density at radius 1 is 1.28 bits per heavy atom. The van der Waals surface area contributed by atoms with Gasteiger partial charge in [-0.1, -0.05) is 24.4 Å². The van der Waals surface area contributed by atoms with Crippen molar-refractivity contribution in [3.05, 3.63) is 35.9 Å². The van der Waals surface area contributed by atoms with Crippen LogP contribution in [0.4, 0.5) is 0 Å². The Labute approximate surface area is 144 Å². The molecule has 0 atom stereocenters. The van der Waals surface area contributed by atoms with Gasteiger partial charge in [-0.15, -0.1) is 0 Å². The van der Waals surface area contributed by atoms with Crippen LogP contribution in [-0.4, -0.2) is 30.6 Å². The molecule has 3 heterocycles. The number of pyridine rings is 1. The van der Waals surface area contributed by atoms with Gasteiger partial charge in [0.25, 0.3) is 5.91 Å². The van der Waals surface area contributed by atoms with Crippen molar-refractivity contribution in [1.29, 1.82) is 0 Å². The van der Waals surface area contributed by atoms with E-state index in [0.717, 1.165) is 32.1 Å². The SMILES string of the molecule is Cc1nc(C2(NC(=O)c3ccnc4c3ncn4C)CCCCC2)no1. The second-order valence-electron chi connectivity index (χ2n) is 6.62. The van der Waals surface area contributed by atoms with Crippen LogP contribution in [0.25, 0.3) is 11.2 Å². The summed E-state index contributed by atoms with van der Waals surface area (Å²) in [4.78, 5) is 26.1. The standard InChI is InChI=1S/C17H20N6O2/c1-11-20-16(22-25-11)17(7-4-3-5-8-17)21-15(24)12-6-9-18-14-13(12)19-10-23(14)2/h6,9-10H,3-5,7-8H2,1-2H3,(H,21,24). The van der Waals surface area contributed by atoms with E-state index in [1.165, 1.54) is 0 Å². The predicted octanol–water partition coefficient (Wildman–Crippen LogP) is 2.25. The molecule has 1 saturated carbocycles. The molecule has 8 heteroatoms. The minimum atomic E-state index is -0.586. The lowest BCUT2D eigenvalue weighted by Gasteiger charge is -2.35. The van der Waals surface area contributed by atoms with Crippen LogP contribution in [-0.2, 0) is 12.6 Å². The molecule has 0 radical (unpaired) electrons. The highest BCUT2D eigenvalue weighted by Gasteiger charge is 2.40. The Balaban J connectivity index is 1.71. The molecule has 1 amide bonds. The maximum atomic E-state index is 13.0. The molecule has 25 heavy (non-hydrogen) atoms. The van der Waals surface area contributed by atoms with Crippen LogP contribution in [0.1, 0.15) is 54.2 Å². The normalized spacial score (nSPS) is 16.9. The van der Waals surface area contributed by atoms with Crippen LogP contribution in [0, 0.1) is 6.92 Å². The maximum Gasteiger partial charge on any atom is 0.254 e. The van der Waals surface area contributed by atoms with Gasteiger partial charge in [-0.25, -0.2) is 9.97 Å². The first-order valence-electron chi connectivity index (χ1n) is 8.48. The molecule has 1 fully saturated rings. The quantitative estimate of drug-likeness (QED) is 0.785. The molecule has 0 bridgehead atoms. The first kappa shape index (κ1) is 15.7. The molecule has 1 aliphatic rings. The summed E-state index contributed by atoms with van der Waals surface area (Å²) in [6.45, 7) is 1.76. The molecule has 0 saturated heterocycles. The number of carbonyl (C=O) groups is 1. The van der Waals surface area contributed by atoms with E-state index in [-0.39, 0.29) is 5.91 Å². The number of nitrogens with one attached hydrogen (secondary N) is 1. The molecule has 1 aliphatic carbocycles. The summed E-state index contributed by atoms with van der Waals surface area (Å²) in [5.74, 6) is 0.880. The Kier molecular flexibility index (Phi) is 3.74. The van der Waals surface area contributed by atoms with Crippen LogP contribution < -0.4 is 5.32 Å². The van der Waals surface area contributed by atoms with Crippen LogP contribution in [0.15, 0.2) is 23.1 Å². The fraction of sp³-hybridized carbons (Fsp3) is 0.471. The van der Waals surface area contributed by atoms with Crippen LogP contribution in [0.5, 0.6) is 0 Å². The molecule has 8 nitrogen and oxygen atoms in total. The lowest BCUT2D eigenvalue weighted by atomic mass is 9.80. The molecule has 0 spiro atoms. The fourth-order valence-corrected chi connectivity index (χ4v) is 3.55. The molecular formula is C17H20N6O2. The lowest BCUT2D eigenvalue weighted by Crippen LogP contribution is -2.48. The van der Waals surface area contributed by atoms with Gasteiger partial charge in [0.05, 0.1) is 11.9 Å². The topological polar surface area (TPSA) is 98.7 Å². The number of aromatic nitrogens is 5. The van der Waals surface area contributed by atoms with Crippen LogP contribution in [0.3, 0.4) is 0 Å².